The summed E-state index contributed by atoms with van der Waals surface area (Å²) in [5.74, 6) is 1.65. The van der Waals surface area contributed by atoms with Gasteiger partial charge in [0.2, 0.25) is 5.91 Å². The van der Waals surface area contributed by atoms with Gasteiger partial charge in [-0.1, -0.05) is 24.4 Å². The Balaban J connectivity index is 1.61. The van der Waals surface area contributed by atoms with E-state index in [1.165, 1.54) is 32.1 Å². The van der Waals surface area contributed by atoms with E-state index in [2.05, 4.69) is 10.1 Å². The number of carbonyl (C=O) groups excluding carboxylic acids is 1. The van der Waals surface area contributed by atoms with Gasteiger partial charge in [0.05, 0.1) is 23.0 Å². The Labute approximate surface area is 167 Å². The highest BCUT2D eigenvalue weighted by Gasteiger charge is 2.34. The number of carbonyl (C=O) groups is 1. The molecule has 1 aliphatic carbocycles. The molecule has 1 saturated carbocycles. The molecule has 0 radical (unpaired) electrons. The third-order valence-electron chi connectivity index (χ3n) is 6.59. The maximum absolute atomic E-state index is 13.2. The quantitative estimate of drug-likeness (QED) is 0.765. The lowest BCUT2D eigenvalue weighted by molar-refractivity contribution is -0.136. The number of rotatable bonds is 4. The second kappa shape index (κ2) is 8.10. The Bertz CT molecular complexity index is 832. The van der Waals surface area contributed by atoms with Crippen molar-refractivity contribution in [3.05, 3.63) is 23.1 Å². The number of aryl methyl sites for hydroxylation is 2. The largest absolute Gasteiger partial charge is 0.356 e. The molecule has 1 atom stereocenters. The fraction of sp³-hybridized carbons (Fsp3) is 0.682. The summed E-state index contributed by atoms with van der Waals surface area (Å²) in [5, 5.41) is 8.90. The number of nitrogens with zero attached hydrogens (tertiary/aromatic N) is 4. The highest BCUT2D eigenvalue weighted by atomic mass is 16.5. The normalized spacial score (nSPS) is 21.2. The summed E-state index contributed by atoms with van der Waals surface area (Å²) in [6.07, 6.45) is 12.1. The summed E-state index contributed by atoms with van der Waals surface area (Å²) in [5.41, 5.74) is 3.88. The molecule has 1 amide bonds. The number of amides is 1. The van der Waals surface area contributed by atoms with Crippen molar-refractivity contribution >= 4 is 5.91 Å². The van der Waals surface area contributed by atoms with Gasteiger partial charge in [0.25, 0.3) is 0 Å². The number of likely N-dealkylation sites (tertiary alicyclic amines) is 1. The van der Waals surface area contributed by atoms with Gasteiger partial charge in [-0.3, -0.25) is 9.48 Å². The maximum Gasteiger partial charge on any atom is 0.223 e. The Hall–Kier alpha value is -2.11. The van der Waals surface area contributed by atoms with Crippen molar-refractivity contribution in [1.29, 1.82) is 0 Å². The highest BCUT2D eigenvalue weighted by molar-refractivity contribution is 5.77. The Morgan fingerprint density at radius 3 is 2.61 bits per heavy atom. The highest BCUT2D eigenvalue weighted by Crippen LogP contribution is 2.38. The Morgan fingerprint density at radius 1 is 1.14 bits per heavy atom. The zero-order chi connectivity index (χ0) is 19.7. The van der Waals surface area contributed by atoms with Crippen LogP contribution in [0.3, 0.4) is 0 Å². The van der Waals surface area contributed by atoms with E-state index >= 15 is 0 Å². The van der Waals surface area contributed by atoms with Crippen molar-refractivity contribution in [3.8, 4) is 11.3 Å². The number of aromatic nitrogens is 3. The molecule has 6 nitrogen and oxygen atoms in total. The van der Waals surface area contributed by atoms with E-state index in [9.17, 15) is 4.79 Å². The van der Waals surface area contributed by atoms with E-state index in [1.54, 1.807) is 0 Å². The van der Waals surface area contributed by atoms with Crippen LogP contribution < -0.4 is 0 Å². The van der Waals surface area contributed by atoms with E-state index in [4.69, 9.17) is 9.62 Å². The number of piperidine rings is 1. The molecule has 28 heavy (non-hydrogen) atoms. The van der Waals surface area contributed by atoms with E-state index in [0.717, 1.165) is 54.1 Å². The molecular formula is C22H32N4O2. The van der Waals surface area contributed by atoms with Crippen LogP contribution in [0, 0.1) is 19.8 Å². The van der Waals surface area contributed by atoms with Crippen molar-refractivity contribution in [2.45, 2.75) is 77.7 Å². The summed E-state index contributed by atoms with van der Waals surface area (Å²) < 4.78 is 7.47. The topological polar surface area (TPSA) is 64.2 Å². The minimum Gasteiger partial charge on any atom is -0.356 e. The van der Waals surface area contributed by atoms with Gasteiger partial charge in [-0.2, -0.15) is 5.10 Å². The number of hydrogen-bond acceptors (Lipinski definition) is 4. The molecule has 0 spiro atoms. The first-order valence-electron chi connectivity index (χ1n) is 10.8. The van der Waals surface area contributed by atoms with Gasteiger partial charge >= 0.3 is 0 Å². The molecular weight excluding hydrogens is 352 g/mol. The van der Waals surface area contributed by atoms with Gasteiger partial charge in [-0.25, -0.2) is 0 Å². The lowest BCUT2D eigenvalue weighted by atomic mass is 9.86. The van der Waals surface area contributed by atoms with Crippen LogP contribution in [0.15, 0.2) is 10.7 Å². The molecule has 2 fully saturated rings. The Kier molecular flexibility index (Phi) is 5.56. The van der Waals surface area contributed by atoms with E-state index in [-0.39, 0.29) is 6.04 Å². The minimum absolute atomic E-state index is 0.0332. The molecule has 0 aromatic carbocycles. The third kappa shape index (κ3) is 3.74. The lowest BCUT2D eigenvalue weighted by Gasteiger charge is -2.36. The first-order valence-corrected chi connectivity index (χ1v) is 10.8. The summed E-state index contributed by atoms with van der Waals surface area (Å²) in [6, 6.07) is 0.0332. The molecule has 4 rings (SSSR count). The van der Waals surface area contributed by atoms with Gasteiger partial charge in [-0.05, 0) is 51.9 Å². The van der Waals surface area contributed by atoms with Gasteiger partial charge in [-0.15, -0.1) is 0 Å². The van der Waals surface area contributed by atoms with Crippen molar-refractivity contribution in [2.24, 2.45) is 13.0 Å². The van der Waals surface area contributed by atoms with Gasteiger partial charge in [0.15, 0.2) is 5.76 Å². The zero-order valence-electron chi connectivity index (χ0n) is 17.4. The molecule has 0 N–H and O–H groups in total. The SMILES string of the molecule is Cc1noc(-c2cn(C)nc2[C@@H]2CCCCN2C(=O)CC2CCCCC2)c1C. The summed E-state index contributed by atoms with van der Waals surface area (Å²) in [7, 11) is 1.93. The zero-order valence-corrected chi connectivity index (χ0v) is 17.4. The van der Waals surface area contributed by atoms with E-state index in [1.807, 2.05) is 31.8 Å². The fourth-order valence-corrected chi connectivity index (χ4v) is 4.86. The second-order valence-corrected chi connectivity index (χ2v) is 8.63. The molecule has 2 aromatic rings. The molecule has 3 heterocycles. The average Bonchev–Trinajstić information content (AvgIpc) is 3.25. The molecule has 0 bridgehead atoms. The predicted molar refractivity (Wildman–Crippen MR) is 108 cm³/mol. The first kappa shape index (κ1) is 19.2. The Morgan fingerprint density at radius 2 is 1.89 bits per heavy atom. The average molecular weight is 385 g/mol. The summed E-state index contributed by atoms with van der Waals surface area (Å²) in [6.45, 7) is 4.82. The van der Waals surface area contributed by atoms with Gasteiger partial charge in [0, 0.05) is 31.8 Å². The first-order chi connectivity index (χ1) is 13.5. The van der Waals surface area contributed by atoms with Crippen LogP contribution in [0.4, 0.5) is 0 Å². The molecule has 2 aromatic heterocycles. The van der Waals surface area contributed by atoms with Crippen molar-refractivity contribution in [2.75, 3.05) is 6.54 Å². The van der Waals surface area contributed by atoms with E-state index < -0.39 is 0 Å². The van der Waals surface area contributed by atoms with Crippen LogP contribution in [0.1, 0.15) is 80.8 Å². The molecule has 0 unspecified atom stereocenters. The monoisotopic (exact) mass is 384 g/mol. The fourth-order valence-electron chi connectivity index (χ4n) is 4.86. The molecule has 152 valence electrons. The third-order valence-corrected chi connectivity index (χ3v) is 6.59. The van der Waals surface area contributed by atoms with Crippen LogP contribution in [-0.2, 0) is 11.8 Å². The molecule has 1 aliphatic heterocycles. The van der Waals surface area contributed by atoms with Crippen LogP contribution in [0.5, 0.6) is 0 Å². The molecule has 2 aliphatic rings. The van der Waals surface area contributed by atoms with Crippen LogP contribution in [-0.4, -0.2) is 32.3 Å². The second-order valence-electron chi connectivity index (χ2n) is 8.63. The van der Waals surface area contributed by atoms with Crippen molar-refractivity contribution in [3.63, 3.8) is 0 Å². The molecule has 6 heteroatoms. The van der Waals surface area contributed by atoms with Crippen molar-refractivity contribution in [1.82, 2.24) is 19.8 Å². The summed E-state index contributed by atoms with van der Waals surface area (Å²) in [4.78, 5) is 15.3. The predicted octanol–water partition coefficient (Wildman–Crippen LogP) is 4.72. The maximum atomic E-state index is 13.2. The van der Waals surface area contributed by atoms with Gasteiger partial charge < -0.3 is 9.42 Å². The van der Waals surface area contributed by atoms with Crippen LogP contribution >= 0.6 is 0 Å². The number of hydrogen-bond donors (Lipinski definition) is 0. The minimum atomic E-state index is 0.0332. The van der Waals surface area contributed by atoms with Crippen LogP contribution in [0.2, 0.25) is 0 Å². The molecule has 1 saturated heterocycles. The van der Waals surface area contributed by atoms with E-state index in [0.29, 0.717) is 18.2 Å². The lowest BCUT2D eigenvalue weighted by Crippen LogP contribution is -2.39. The smallest absolute Gasteiger partial charge is 0.223 e. The van der Waals surface area contributed by atoms with Gasteiger partial charge in [0.1, 0.15) is 0 Å². The van der Waals surface area contributed by atoms with Crippen LogP contribution in [0.25, 0.3) is 11.3 Å². The van der Waals surface area contributed by atoms with Crippen molar-refractivity contribution < 1.29 is 9.32 Å². The standard InChI is InChI=1S/C22H32N4O2/c1-15-16(2)24-28-22(15)18-14-25(3)23-21(18)19-11-7-8-12-26(19)20(27)13-17-9-5-4-6-10-17/h14,17,19H,4-13H2,1-3H3/t19-/m0/s1. The summed E-state index contributed by atoms with van der Waals surface area (Å²) >= 11 is 0.